The van der Waals surface area contributed by atoms with Gasteiger partial charge in [-0.05, 0) is 18.9 Å². The number of carbonyl (C=O) groups is 1. The largest absolute Gasteiger partial charge is 0.512 e. The fraction of sp³-hybridized carbons (Fsp3) is 0.444. The first-order valence-corrected chi connectivity index (χ1v) is 3.90. The van der Waals surface area contributed by atoms with Crippen LogP contribution in [0.25, 0.3) is 0 Å². The molecule has 0 radical (unpaired) electrons. The van der Waals surface area contributed by atoms with E-state index in [-0.39, 0.29) is 18.6 Å². The van der Waals surface area contributed by atoms with Crippen LogP contribution in [0.3, 0.4) is 0 Å². The molecular formula is C9H13NO3. The topological polar surface area (TPSA) is 83.6 Å². The Hall–Kier alpha value is -1.29. The summed E-state index contributed by atoms with van der Waals surface area (Å²) >= 11 is 0. The van der Waals surface area contributed by atoms with Crippen LogP contribution in [0.15, 0.2) is 23.5 Å². The molecule has 0 aliphatic heterocycles. The zero-order valence-electron chi connectivity index (χ0n) is 9.03. The number of hydrogen-bond donors (Lipinski definition) is 3. The number of nitrogens with two attached hydrogens (primary N) is 1. The predicted octanol–water partition coefficient (Wildman–Crippen LogP) is 0.951. The van der Waals surface area contributed by atoms with Gasteiger partial charge in [0.25, 0.3) is 0 Å². The summed E-state index contributed by atoms with van der Waals surface area (Å²) in [5, 5.41) is 17.8. The molecule has 4 N–H and O–H groups in total. The van der Waals surface area contributed by atoms with Gasteiger partial charge in [0.1, 0.15) is 6.04 Å². The molecule has 1 aliphatic rings. The van der Waals surface area contributed by atoms with Crippen molar-refractivity contribution in [2.75, 3.05) is 0 Å². The lowest BCUT2D eigenvalue weighted by atomic mass is 9.97. The number of rotatable bonds is 3. The lowest BCUT2D eigenvalue weighted by Crippen LogP contribution is -2.30. The van der Waals surface area contributed by atoms with Gasteiger partial charge in [0.2, 0.25) is 0 Å². The summed E-state index contributed by atoms with van der Waals surface area (Å²) in [5.41, 5.74) is 5.91. The van der Waals surface area contributed by atoms with E-state index in [1.165, 1.54) is 12.2 Å². The molecule has 4 heteroatoms. The van der Waals surface area contributed by atoms with E-state index in [0.29, 0.717) is 5.57 Å². The van der Waals surface area contributed by atoms with Crippen molar-refractivity contribution >= 4 is 5.97 Å². The molecule has 72 valence electrons. The molecule has 0 bridgehead atoms. The number of aliphatic carboxylic acids is 1. The van der Waals surface area contributed by atoms with E-state index in [9.17, 15) is 9.90 Å². The molecule has 1 rings (SSSR count). The molecule has 0 amide bonds. The Bertz CT molecular complexity index is 336. The Morgan fingerprint density at radius 1 is 1.77 bits per heavy atom. The smallest absolute Gasteiger partial charge is 0.320 e. The van der Waals surface area contributed by atoms with Gasteiger partial charge in [0.05, 0.1) is 5.76 Å². The number of aliphatic hydroxyl groups is 1. The third-order valence-electron chi connectivity index (χ3n) is 1.77. The van der Waals surface area contributed by atoms with Gasteiger partial charge in [-0.3, -0.25) is 4.79 Å². The van der Waals surface area contributed by atoms with Crippen molar-refractivity contribution < 1.29 is 17.7 Å². The van der Waals surface area contributed by atoms with Crippen molar-refractivity contribution in [1.29, 1.82) is 0 Å². The normalized spacial score (nSPS) is 25.0. The minimum absolute atomic E-state index is 0.0175. The van der Waals surface area contributed by atoms with E-state index in [0.717, 1.165) is 0 Å². The average Bonchev–Trinajstić information content (AvgIpc) is 2.10. The first kappa shape index (κ1) is 7.15. The van der Waals surface area contributed by atoms with Crippen molar-refractivity contribution in [1.82, 2.24) is 0 Å². The van der Waals surface area contributed by atoms with E-state index >= 15 is 0 Å². The molecule has 4 nitrogen and oxygen atoms in total. The van der Waals surface area contributed by atoms with Crippen LogP contribution in [-0.2, 0) is 4.79 Å². The van der Waals surface area contributed by atoms with Gasteiger partial charge < -0.3 is 15.9 Å². The second-order valence-corrected chi connectivity index (χ2v) is 2.88. The number of carboxylic acids is 1. The van der Waals surface area contributed by atoms with Gasteiger partial charge in [-0.25, -0.2) is 0 Å². The summed E-state index contributed by atoms with van der Waals surface area (Å²) in [6.07, 6.45) is 1.02. The monoisotopic (exact) mass is 185 g/mol. The van der Waals surface area contributed by atoms with Crippen LogP contribution >= 0.6 is 0 Å². The summed E-state index contributed by atoms with van der Waals surface area (Å²) in [6.45, 7) is 0. The lowest BCUT2D eigenvalue weighted by Gasteiger charge is -2.13. The van der Waals surface area contributed by atoms with Crippen LogP contribution in [0.1, 0.15) is 22.0 Å². The third-order valence-corrected chi connectivity index (χ3v) is 1.77. The van der Waals surface area contributed by atoms with E-state index in [1.54, 1.807) is 0 Å². The Balaban J connectivity index is 2.71. The minimum atomic E-state index is -1.82. The second kappa shape index (κ2) is 4.09. The zero-order valence-corrected chi connectivity index (χ0v) is 7.03. The maximum Gasteiger partial charge on any atom is 0.320 e. The van der Waals surface area contributed by atoms with Crippen molar-refractivity contribution in [2.24, 2.45) is 5.73 Å². The quantitative estimate of drug-likeness (QED) is 0.611. The summed E-state index contributed by atoms with van der Waals surface area (Å²) < 4.78 is 14.9. The molecule has 0 aromatic heterocycles. The number of carboxylic acid groups (broad SMARTS) is 1. The van der Waals surface area contributed by atoms with Gasteiger partial charge in [0, 0.05) is 9.11 Å². The highest BCUT2D eigenvalue weighted by Crippen LogP contribution is 2.19. The Labute approximate surface area is 79.2 Å². The maximum atomic E-state index is 10.5. The Morgan fingerprint density at radius 2 is 2.46 bits per heavy atom. The molecule has 0 aromatic carbocycles. The van der Waals surface area contributed by atoms with E-state index in [1.807, 2.05) is 0 Å². The van der Waals surface area contributed by atoms with Gasteiger partial charge in [-0.1, -0.05) is 11.6 Å². The SMILES string of the molecule is [2H]C1([2H])CC(C[C@H](N)C(=O)O)=CC=C1O. The van der Waals surface area contributed by atoms with Gasteiger partial charge >= 0.3 is 5.97 Å². The fourth-order valence-electron chi connectivity index (χ4n) is 1.03. The van der Waals surface area contributed by atoms with Crippen LogP contribution < -0.4 is 5.73 Å². The lowest BCUT2D eigenvalue weighted by molar-refractivity contribution is -0.138. The van der Waals surface area contributed by atoms with E-state index in [2.05, 4.69) is 0 Å². The Morgan fingerprint density at radius 3 is 3.00 bits per heavy atom. The van der Waals surface area contributed by atoms with Crippen molar-refractivity contribution in [2.45, 2.75) is 25.3 Å². The average molecular weight is 185 g/mol. The van der Waals surface area contributed by atoms with Crippen molar-refractivity contribution in [3.05, 3.63) is 23.5 Å². The third kappa shape index (κ3) is 2.91. The molecule has 0 unspecified atom stereocenters. The van der Waals surface area contributed by atoms with Gasteiger partial charge in [-0.2, -0.15) is 0 Å². The maximum absolute atomic E-state index is 10.5. The van der Waals surface area contributed by atoms with E-state index in [4.69, 9.17) is 13.6 Å². The summed E-state index contributed by atoms with van der Waals surface area (Å²) in [7, 11) is 0. The number of hydrogen-bond acceptors (Lipinski definition) is 3. The molecule has 1 aliphatic carbocycles. The Kier molecular flexibility index (Phi) is 2.25. The van der Waals surface area contributed by atoms with Crippen LogP contribution in [0.4, 0.5) is 0 Å². The van der Waals surface area contributed by atoms with Crippen molar-refractivity contribution in [3.63, 3.8) is 0 Å². The number of aliphatic hydroxyl groups excluding tert-OH is 1. The standard InChI is InChI=1S/C9H13NO3/c10-8(9(12)13)5-6-1-3-7(11)4-2-6/h1,3,8,11H,2,4-5,10H2,(H,12,13)/t8-/m0/s1/i4D2. The van der Waals surface area contributed by atoms with Gasteiger partial charge in [0.15, 0.2) is 0 Å². The first-order chi connectivity index (χ1) is 6.83. The van der Waals surface area contributed by atoms with Crippen LogP contribution in [0.5, 0.6) is 0 Å². The fourth-order valence-corrected chi connectivity index (χ4v) is 1.03. The van der Waals surface area contributed by atoms with Gasteiger partial charge in [-0.15, -0.1) is 0 Å². The van der Waals surface area contributed by atoms with Crippen LogP contribution in [0, 0.1) is 0 Å². The minimum Gasteiger partial charge on any atom is -0.512 e. The number of allylic oxidation sites excluding steroid dienone is 3. The molecule has 0 heterocycles. The first-order valence-electron chi connectivity index (χ1n) is 4.90. The molecule has 1 atom stereocenters. The predicted molar refractivity (Wildman–Crippen MR) is 48.3 cm³/mol. The summed E-state index contributed by atoms with van der Waals surface area (Å²) in [5.74, 6) is -1.45. The zero-order chi connectivity index (χ0) is 11.6. The highest BCUT2D eigenvalue weighted by molar-refractivity contribution is 5.73. The highest BCUT2D eigenvalue weighted by Gasteiger charge is 2.14. The summed E-state index contributed by atoms with van der Waals surface area (Å²) in [4.78, 5) is 10.5. The van der Waals surface area contributed by atoms with Crippen molar-refractivity contribution in [3.8, 4) is 0 Å². The second-order valence-electron chi connectivity index (χ2n) is 2.88. The van der Waals surface area contributed by atoms with E-state index < -0.39 is 18.4 Å². The molecule has 13 heavy (non-hydrogen) atoms. The molecule has 0 aromatic rings. The van der Waals surface area contributed by atoms with Crippen LogP contribution in [-0.4, -0.2) is 22.2 Å². The molecule has 0 saturated heterocycles. The molecule has 0 saturated carbocycles. The summed E-state index contributed by atoms with van der Waals surface area (Å²) in [6, 6.07) is -1.03. The molecule has 0 spiro atoms. The molecule has 0 fully saturated rings. The van der Waals surface area contributed by atoms with Crippen LogP contribution in [0.2, 0.25) is 0 Å². The highest BCUT2D eigenvalue weighted by atomic mass is 16.4. The molecular weight excluding hydrogens is 170 g/mol.